The second-order valence-electron chi connectivity index (χ2n) is 7.79. The van der Waals surface area contributed by atoms with Crippen molar-refractivity contribution in [2.45, 2.75) is 6.04 Å². The first kappa shape index (κ1) is 26.0. The molecule has 182 valence electrons. The summed E-state index contributed by atoms with van der Waals surface area (Å²) in [5, 5.41) is 21.3. The van der Waals surface area contributed by atoms with Crippen LogP contribution in [0.25, 0.3) is 5.76 Å². The lowest BCUT2D eigenvalue weighted by Crippen LogP contribution is -2.35. The van der Waals surface area contributed by atoms with E-state index in [1.807, 2.05) is 19.0 Å². The molecule has 2 N–H and O–H groups in total. The number of ketones is 1. The monoisotopic (exact) mass is 528 g/mol. The summed E-state index contributed by atoms with van der Waals surface area (Å²) in [6, 6.07) is 4.68. The number of rotatable bonds is 7. The van der Waals surface area contributed by atoms with Gasteiger partial charge in [0, 0.05) is 13.1 Å². The molecule has 2 aromatic carbocycles. The second-order valence-corrected chi connectivity index (χ2v) is 8.99. The van der Waals surface area contributed by atoms with Gasteiger partial charge in [-0.3, -0.25) is 9.59 Å². The maximum Gasteiger partial charge on any atom is 0.295 e. The van der Waals surface area contributed by atoms with Gasteiger partial charge in [0.05, 0.1) is 41.4 Å². The highest BCUT2D eigenvalue weighted by Crippen LogP contribution is 2.47. The van der Waals surface area contributed by atoms with E-state index in [-0.39, 0.29) is 50.0 Å². The molecule has 1 amide bonds. The van der Waals surface area contributed by atoms with Gasteiger partial charge < -0.3 is 29.5 Å². The highest BCUT2D eigenvalue weighted by molar-refractivity contribution is 6.47. The number of methoxy groups -OCH3 is 2. The van der Waals surface area contributed by atoms with Crippen LogP contribution < -0.4 is 9.47 Å². The minimum atomic E-state index is -0.984. The summed E-state index contributed by atoms with van der Waals surface area (Å²) in [5.41, 5.74) is 0.242. The first-order chi connectivity index (χ1) is 16.0. The van der Waals surface area contributed by atoms with Crippen molar-refractivity contribution < 1.29 is 29.3 Å². The molecule has 0 aromatic heterocycles. The molecule has 11 heteroatoms. The Morgan fingerprint density at radius 3 is 2.26 bits per heavy atom. The Hall–Kier alpha value is -2.65. The summed E-state index contributed by atoms with van der Waals surface area (Å²) in [6.45, 7) is 0.650. The number of aliphatic hydroxyl groups excluding tert-OH is 1. The van der Waals surface area contributed by atoms with Crippen molar-refractivity contribution >= 4 is 52.3 Å². The topological polar surface area (TPSA) is 99.5 Å². The first-order valence-corrected chi connectivity index (χ1v) is 11.2. The number of nitrogens with zero attached hydrogens (tertiary/aromatic N) is 2. The van der Waals surface area contributed by atoms with Gasteiger partial charge in [-0.1, -0.05) is 40.9 Å². The second kappa shape index (κ2) is 10.3. The SMILES string of the molecule is COc1c(Cl)cc(/C(O)=C2\C(=O)C(=O)N(CCN(C)C)C2c2ccc(O)c(Cl)c2)c(OC)c1Cl. The Balaban J connectivity index is 2.29. The number of likely N-dealkylation sites (tertiary alicyclic amines) is 1. The van der Waals surface area contributed by atoms with Crippen LogP contribution in [0.15, 0.2) is 29.8 Å². The van der Waals surface area contributed by atoms with Crippen LogP contribution in [0.4, 0.5) is 0 Å². The first-order valence-electron chi connectivity index (χ1n) is 10.0. The van der Waals surface area contributed by atoms with E-state index in [9.17, 15) is 19.8 Å². The predicted molar refractivity (Wildman–Crippen MR) is 130 cm³/mol. The molecule has 1 heterocycles. The average molecular weight is 530 g/mol. The van der Waals surface area contributed by atoms with Crippen LogP contribution in [0.5, 0.6) is 17.2 Å². The van der Waals surface area contributed by atoms with Gasteiger partial charge in [-0.2, -0.15) is 0 Å². The molecule has 1 aliphatic rings. The maximum absolute atomic E-state index is 13.2. The fourth-order valence-electron chi connectivity index (χ4n) is 3.75. The van der Waals surface area contributed by atoms with Crippen molar-refractivity contribution in [3.8, 4) is 17.2 Å². The average Bonchev–Trinajstić information content (AvgIpc) is 3.03. The molecule has 0 spiro atoms. The zero-order valence-electron chi connectivity index (χ0n) is 18.9. The third-order valence-electron chi connectivity index (χ3n) is 5.41. The molecule has 1 unspecified atom stereocenters. The largest absolute Gasteiger partial charge is 0.507 e. The number of Topliss-reactive ketones (excluding diaryl/α,β-unsaturated/α-hetero) is 1. The summed E-state index contributed by atoms with van der Waals surface area (Å²) in [5.74, 6) is -2.22. The number of aliphatic hydroxyl groups is 1. The number of phenols is 1. The summed E-state index contributed by atoms with van der Waals surface area (Å²) in [4.78, 5) is 29.4. The number of amides is 1. The van der Waals surface area contributed by atoms with E-state index < -0.39 is 23.5 Å². The molecular weight excluding hydrogens is 507 g/mol. The highest BCUT2D eigenvalue weighted by Gasteiger charge is 2.46. The quantitative estimate of drug-likeness (QED) is 0.312. The molecule has 2 aromatic rings. The van der Waals surface area contributed by atoms with Crippen LogP contribution in [0, 0.1) is 0 Å². The number of hydrogen-bond donors (Lipinski definition) is 2. The fraction of sp³-hybridized carbons (Fsp3) is 0.304. The van der Waals surface area contributed by atoms with Crippen LogP contribution in [-0.4, -0.2) is 73.1 Å². The van der Waals surface area contributed by atoms with Gasteiger partial charge >= 0.3 is 0 Å². The Bertz CT molecular complexity index is 1180. The number of halogens is 3. The Morgan fingerprint density at radius 1 is 1.06 bits per heavy atom. The summed E-state index contributed by atoms with van der Waals surface area (Å²) in [6.07, 6.45) is 0. The lowest BCUT2D eigenvalue weighted by atomic mass is 9.94. The van der Waals surface area contributed by atoms with E-state index in [0.29, 0.717) is 12.1 Å². The molecule has 1 saturated heterocycles. The smallest absolute Gasteiger partial charge is 0.295 e. The third kappa shape index (κ3) is 4.63. The van der Waals surface area contributed by atoms with Crippen LogP contribution in [0.3, 0.4) is 0 Å². The lowest BCUT2D eigenvalue weighted by Gasteiger charge is -2.27. The van der Waals surface area contributed by atoms with Gasteiger partial charge in [-0.15, -0.1) is 0 Å². The molecule has 0 radical (unpaired) electrons. The maximum atomic E-state index is 13.2. The van der Waals surface area contributed by atoms with E-state index in [1.165, 1.54) is 43.4 Å². The molecule has 0 saturated carbocycles. The number of likely N-dealkylation sites (N-methyl/N-ethyl adjacent to an activating group) is 1. The molecular formula is C23H23Cl3N2O6. The molecule has 1 atom stereocenters. The van der Waals surface area contributed by atoms with E-state index in [0.717, 1.165) is 0 Å². The molecule has 34 heavy (non-hydrogen) atoms. The molecule has 3 rings (SSSR count). The Labute approximate surface area is 211 Å². The van der Waals surface area contributed by atoms with Crippen molar-refractivity contribution in [2.75, 3.05) is 41.4 Å². The minimum Gasteiger partial charge on any atom is -0.507 e. The van der Waals surface area contributed by atoms with Crippen LogP contribution in [-0.2, 0) is 9.59 Å². The van der Waals surface area contributed by atoms with Gasteiger partial charge in [-0.25, -0.2) is 0 Å². The van der Waals surface area contributed by atoms with Gasteiger partial charge in [0.2, 0.25) is 0 Å². The standard InChI is InChI=1S/C23H23Cl3N2O6/c1-27(2)7-8-28-18(11-5-6-15(29)13(24)9-11)16(20(31)23(28)32)19(30)12-10-14(25)22(34-4)17(26)21(12)33-3/h5-6,9-10,18,29-30H,7-8H2,1-4H3/b19-16+. The summed E-state index contributed by atoms with van der Waals surface area (Å²) in [7, 11) is 6.36. The normalized spacial score (nSPS) is 17.5. The predicted octanol–water partition coefficient (Wildman–Crippen LogP) is 4.35. The van der Waals surface area contributed by atoms with Crippen molar-refractivity contribution in [2.24, 2.45) is 0 Å². The van der Waals surface area contributed by atoms with Crippen molar-refractivity contribution in [1.29, 1.82) is 0 Å². The zero-order valence-corrected chi connectivity index (χ0v) is 21.1. The Kier molecular flexibility index (Phi) is 7.88. The van der Waals surface area contributed by atoms with Gasteiger partial charge in [-0.05, 0) is 37.9 Å². The minimum absolute atomic E-state index is 0.00915. The fourth-order valence-corrected chi connectivity index (χ4v) is 4.63. The number of carbonyl (C=O) groups is 2. The van der Waals surface area contributed by atoms with Crippen molar-refractivity contribution in [3.63, 3.8) is 0 Å². The molecule has 0 aliphatic carbocycles. The summed E-state index contributed by atoms with van der Waals surface area (Å²) < 4.78 is 10.6. The molecule has 1 fully saturated rings. The number of hydrogen-bond acceptors (Lipinski definition) is 7. The summed E-state index contributed by atoms with van der Waals surface area (Å²) >= 11 is 18.7. The number of carbonyl (C=O) groups excluding carboxylic acids is 2. The van der Waals surface area contributed by atoms with Gasteiger partial charge in [0.1, 0.15) is 16.5 Å². The van der Waals surface area contributed by atoms with E-state index in [1.54, 1.807) is 0 Å². The van der Waals surface area contributed by atoms with Crippen molar-refractivity contribution in [1.82, 2.24) is 9.80 Å². The van der Waals surface area contributed by atoms with Crippen LogP contribution >= 0.6 is 34.8 Å². The highest BCUT2D eigenvalue weighted by atomic mass is 35.5. The molecule has 8 nitrogen and oxygen atoms in total. The zero-order chi connectivity index (χ0) is 25.3. The third-order valence-corrected chi connectivity index (χ3v) is 6.34. The van der Waals surface area contributed by atoms with Crippen molar-refractivity contribution in [3.05, 3.63) is 56.0 Å². The van der Waals surface area contributed by atoms with Crippen LogP contribution in [0.1, 0.15) is 17.2 Å². The number of phenolic OH excluding ortho intramolecular Hbond substituents is 1. The Morgan fingerprint density at radius 2 is 1.71 bits per heavy atom. The molecule has 0 bridgehead atoms. The number of aromatic hydroxyl groups is 1. The van der Waals surface area contributed by atoms with Gasteiger partial charge in [0.25, 0.3) is 11.7 Å². The van der Waals surface area contributed by atoms with E-state index >= 15 is 0 Å². The lowest BCUT2D eigenvalue weighted by molar-refractivity contribution is -0.140. The number of ether oxygens (including phenoxy) is 2. The number of benzene rings is 2. The molecule has 1 aliphatic heterocycles. The van der Waals surface area contributed by atoms with Crippen LogP contribution in [0.2, 0.25) is 15.1 Å². The van der Waals surface area contributed by atoms with Gasteiger partial charge in [0.15, 0.2) is 11.5 Å². The van der Waals surface area contributed by atoms with E-state index in [2.05, 4.69) is 0 Å². The van der Waals surface area contributed by atoms with E-state index in [4.69, 9.17) is 44.3 Å².